The maximum absolute atomic E-state index is 11.6. The monoisotopic (exact) mass is 183 g/mol. The van der Waals surface area contributed by atoms with Crippen molar-refractivity contribution >= 4 is 0 Å². The molecular formula is C7H12F3NO. The summed E-state index contributed by atoms with van der Waals surface area (Å²) in [6.45, 7) is -0.595. The molecule has 0 bridgehead atoms. The molecule has 0 aromatic rings. The van der Waals surface area contributed by atoms with Gasteiger partial charge < -0.3 is 10.5 Å². The summed E-state index contributed by atoms with van der Waals surface area (Å²) in [4.78, 5) is 0. The van der Waals surface area contributed by atoms with Crippen LogP contribution in [0.15, 0.2) is 0 Å². The van der Waals surface area contributed by atoms with Gasteiger partial charge in [0.2, 0.25) is 0 Å². The summed E-state index contributed by atoms with van der Waals surface area (Å²) in [6.07, 6.45) is -2.44. The molecule has 0 atom stereocenters. The molecule has 0 heterocycles. The van der Waals surface area contributed by atoms with Crippen LogP contribution in [0.5, 0.6) is 0 Å². The van der Waals surface area contributed by atoms with E-state index in [-0.39, 0.29) is 12.0 Å². The molecule has 0 unspecified atom stereocenters. The molecule has 0 saturated heterocycles. The largest absolute Gasteiger partial charge is 0.411 e. The zero-order chi connectivity index (χ0) is 9.24. The summed E-state index contributed by atoms with van der Waals surface area (Å²) in [7, 11) is 0. The van der Waals surface area contributed by atoms with E-state index in [1.54, 1.807) is 0 Å². The van der Waals surface area contributed by atoms with Gasteiger partial charge in [0.25, 0.3) is 0 Å². The molecule has 2 nitrogen and oxygen atoms in total. The summed E-state index contributed by atoms with van der Waals surface area (Å²) in [5.74, 6) is 0. The molecule has 12 heavy (non-hydrogen) atoms. The number of hydrogen-bond donors (Lipinski definition) is 1. The SMILES string of the molecule is NCC1(COCC(F)(F)F)CC1. The Morgan fingerprint density at radius 3 is 2.25 bits per heavy atom. The first-order chi connectivity index (χ1) is 5.47. The fourth-order valence-electron chi connectivity index (χ4n) is 0.967. The van der Waals surface area contributed by atoms with Gasteiger partial charge in [0.1, 0.15) is 6.61 Å². The van der Waals surface area contributed by atoms with Gasteiger partial charge in [-0.2, -0.15) is 13.2 Å². The maximum atomic E-state index is 11.6. The van der Waals surface area contributed by atoms with Crippen molar-refractivity contribution in [1.29, 1.82) is 0 Å². The second-order valence-corrected chi connectivity index (χ2v) is 3.31. The van der Waals surface area contributed by atoms with Gasteiger partial charge in [-0.05, 0) is 12.8 Å². The Morgan fingerprint density at radius 2 is 1.92 bits per heavy atom. The molecule has 0 radical (unpaired) electrons. The molecule has 0 aliphatic heterocycles. The quantitative estimate of drug-likeness (QED) is 0.713. The molecule has 1 aliphatic carbocycles. The van der Waals surface area contributed by atoms with Gasteiger partial charge in [-0.25, -0.2) is 0 Å². The molecule has 1 aliphatic rings. The van der Waals surface area contributed by atoms with Gasteiger partial charge in [0.05, 0.1) is 6.61 Å². The van der Waals surface area contributed by atoms with Crippen LogP contribution in [0.4, 0.5) is 13.2 Å². The first-order valence-electron chi connectivity index (χ1n) is 3.82. The highest BCUT2D eigenvalue weighted by molar-refractivity contribution is 4.93. The van der Waals surface area contributed by atoms with Crippen molar-refractivity contribution in [3.05, 3.63) is 0 Å². The predicted octanol–water partition coefficient (Wildman–Crippen LogP) is 1.30. The summed E-state index contributed by atoms with van der Waals surface area (Å²) in [5.41, 5.74) is 5.22. The zero-order valence-electron chi connectivity index (χ0n) is 6.66. The molecule has 1 fully saturated rings. The average Bonchev–Trinajstić information content (AvgIpc) is 2.67. The van der Waals surface area contributed by atoms with Gasteiger partial charge in [0.15, 0.2) is 0 Å². The standard InChI is InChI=1S/C7H12F3NO/c8-7(9,10)5-12-4-6(3-11)1-2-6/h1-5,11H2. The van der Waals surface area contributed by atoms with Crippen molar-refractivity contribution < 1.29 is 17.9 Å². The van der Waals surface area contributed by atoms with E-state index < -0.39 is 12.8 Å². The average molecular weight is 183 g/mol. The Kier molecular flexibility index (Phi) is 2.63. The summed E-state index contributed by atoms with van der Waals surface area (Å²) in [5, 5.41) is 0. The van der Waals surface area contributed by atoms with Crippen molar-refractivity contribution in [2.24, 2.45) is 11.1 Å². The fourth-order valence-corrected chi connectivity index (χ4v) is 0.967. The lowest BCUT2D eigenvalue weighted by Crippen LogP contribution is -2.25. The molecule has 0 aromatic carbocycles. The van der Waals surface area contributed by atoms with E-state index in [4.69, 9.17) is 5.73 Å². The lowest BCUT2D eigenvalue weighted by molar-refractivity contribution is -0.177. The van der Waals surface area contributed by atoms with E-state index in [1.807, 2.05) is 0 Å². The van der Waals surface area contributed by atoms with E-state index in [1.165, 1.54) is 0 Å². The molecule has 0 aromatic heterocycles. The first kappa shape index (κ1) is 9.80. The van der Waals surface area contributed by atoms with Crippen molar-refractivity contribution in [2.45, 2.75) is 19.0 Å². The van der Waals surface area contributed by atoms with Crippen LogP contribution in [-0.4, -0.2) is 25.9 Å². The van der Waals surface area contributed by atoms with Crippen LogP contribution in [0.3, 0.4) is 0 Å². The van der Waals surface area contributed by atoms with Crippen LogP contribution in [0.1, 0.15) is 12.8 Å². The minimum Gasteiger partial charge on any atom is -0.371 e. The van der Waals surface area contributed by atoms with Crippen LogP contribution in [0.2, 0.25) is 0 Å². The van der Waals surface area contributed by atoms with E-state index in [9.17, 15) is 13.2 Å². The Morgan fingerprint density at radius 1 is 1.33 bits per heavy atom. The number of nitrogens with two attached hydrogens (primary N) is 1. The van der Waals surface area contributed by atoms with Crippen LogP contribution < -0.4 is 5.73 Å². The van der Waals surface area contributed by atoms with Crippen LogP contribution >= 0.6 is 0 Å². The third-order valence-corrected chi connectivity index (χ3v) is 2.06. The minimum absolute atomic E-state index is 0.134. The third-order valence-electron chi connectivity index (χ3n) is 2.06. The van der Waals surface area contributed by atoms with Crippen LogP contribution in [-0.2, 0) is 4.74 Å². The highest BCUT2D eigenvalue weighted by Gasteiger charge is 2.42. The lowest BCUT2D eigenvalue weighted by Gasteiger charge is -2.13. The first-order valence-corrected chi connectivity index (χ1v) is 3.82. The predicted molar refractivity (Wildman–Crippen MR) is 37.6 cm³/mol. The molecule has 5 heteroatoms. The van der Waals surface area contributed by atoms with Crippen molar-refractivity contribution in [3.8, 4) is 0 Å². The van der Waals surface area contributed by atoms with Crippen LogP contribution in [0, 0.1) is 5.41 Å². The van der Waals surface area contributed by atoms with E-state index in [0.29, 0.717) is 6.54 Å². The fraction of sp³-hybridized carbons (Fsp3) is 1.00. The molecule has 1 saturated carbocycles. The smallest absolute Gasteiger partial charge is 0.371 e. The number of rotatable bonds is 4. The molecule has 2 N–H and O–H groups in total. The Hall–Kier alpha value is -0.290. The maximum Gasteiger partial charge on any atom is 0.411 e. The third kappa shape index (κ3) is 2.98. The van der Waals surface area contributed by atoms with Gasteiger partial charge in [0, 0.05) is 12.0 Å². The van der Waals surface area contributed by atoms with Crippen LogP contribution in [0.25, 0.3) is 0 Å². The Bertz CT molecular complexity index is 153. The Balaban J connectivity index is 2.10. The second kappa shape index (κ2) is 3.22. The Labute approximate surface area is 68.9 Å². The normalized spacial score (nSPS) is 21.0. The number of ether oxygens (including phenoxy) is 1. The highest BCUT2D eigenvalue weighted by atomic mass is 19.4. The summed E-state index contributed by atoms with van der Waals surface area (Å²) >= 11 is 0. The number of halogens is 3. The van der Waals surface area contributed by atoms with Crippen molar-refractivity contribution in [3.63, 3.8) is 0 Å². The molecular weight excluding hydrogens is 171 g/mol. The molecule has 0 amide bonds. The highest BCUT2D eigenvalue weighted by Crippen LogP contribution is 2.44. The van der Waals surface area contributed by atoms with Crippen molar-refractivity contribution in [2.75, 3.05) is 19.8 Å². The van der Waals surface area contributed by atoms with E-state index >= 15 is 0 Å². The second-order valence-electron chi connectivity index (χ2n) is 3.31. The topological polar surface area (TPSA) is 35.2 Å². The number of hydrogen-bond acceptors (Lipinski definition) is 2. The zero-order valence-corrected chi connectivity index (χ0v) is 6.66. The van der Waals surface area contributed by atoms with Gasteiger partial charge in [-0.3, -0.25) is 0 Å². The van der Waals surface area contributed by atoms with Gasteiger partial charge in [-0.15, -0.1) is 0 Å². The van der Waals surface area contributed by atoms with E-state index in [0.717, 1.165) is 12.8 Å². The molecule has 1 rings (SSSR count). The molecule has 0 spiro atoms. The van der Waals surface area contributed by atoms with Gasteiger partial charge in [-0.1, -0.05) is 0 Å². The van der Waals surface area contributed by atoms with Gasteiger partial charge >= 0.3 is 6.18 Å². The number of alkyl halides is 3. The lowest BCUT2D eigenvalue weighted by atomic mass is 10.1. The van der Waals surface area contributed by atoms with E-state index in [2.05, 4.69) is 4.74 Å². The summed E-state index contributed by atoms with van der Waals surface area (Å²) in [6, 6.07) is 0. The van der Waals surface area contributed by atoms with Crippen molar-refractivity contribution in [1.82, 2.24) is 0 Å². The minimum atomic E-state index is -4.22. The molecule has 72 valence electrons. The summed E-state index contributed by atoms with van der Waals surface area (Å²) < 4.78 is 39.3.